The van der Waals surface area contributed by atoms with E-state index >= 15 is 4.39 Å². The van der Waals surface area contributed by atoms with Crippen molar-refractivity contribution < 1.29 is 37.9 Å². The van der Waals surface area contributed by atoms with E-state index in [1.165, 1.54) is 13.0 Å². The summed E-state index contributed by atoms with van der Waals surface area (Å²) in [6.07, 6.45) is -5.09. The molecule has 17 heteroatoms. The molecular formula is C24H24FN6O9P. The molecule has 0 amide bonds. The average Bonchev–Trinajstić information content (AvgIpc) is 3.18. The minimum Gasteiger partial charge on any atom is -0.575 e. The lowest BCUT2D eigenvalue weighted by molar-refractivity contribution is -0.169. The second kappa shape index (κ2) is 12.5. The number of rotatable bonds is 10. The highest BCUT2D eigenvalue weighted by molar-refractivity contribution is 7.34. The van der Waals surface area contributed by atoms with Gasteiger partial charge in [-0.1, -0.05) is 40.2 Å². The van der Waals surface area contributed by atoms with Gasteiger partial charge in [-0.25, -0.2) is 14.0 Å². The Labute approximate surface area is 231 Å². The number of nitrogens with zero attached hydrogens (tertiary/aromatic N) is 5. The number of esters is 1. The van der Waals surface area contributed by atoms with Gasteiger partial charge in [-0.05, 0) is 30.8 Å². The van der Waals surface area contributed by atoms with Gasteiger partial charge in [0, 0.05) is 22.6 Å². The summed E-state index contributed by atoms with van der Waals surface area (Å²) in [6, 6.07) is 9.70. The Balaban J connectivity index is 1.67. The van der Waals surface area contributed by atoms with E-state index in [0.29, 0.717) is 10.8 Å². The Morgan fingerprint density at radius 2 is 2.10 bits per heavy atom. The van der Waals surface area contributed by atoms with Crippen LogP contribution in [0.2, 0.25) is 0 Å². The van der Waals surface area contributed by atoms with Gasteiger partial charge in [0.25, 0.3) is 5.56 Å². The van der Waals surface area contributed by atoms with Crippen molar-refractivity contribution in [1.82, 2.24) is 9.55 Å². The van der Waals surface area contributed by atoms with E-state index in [1.807, 2.05) is 4.98 Å². The van der Waals surface area contributed by atoms with Crippen LogP contribution in [0.1, 0.15) is 20.1 Å². The number of H-pyrrole nitrogens is 1. The molecule has 216 valence electrons. The standard InChI is InChI=1S/C24H24FN6O9P/c1-3-37-22(34)13(2)28-41(36)40-19-15-7-5-4-6-14(15)8-9-16(19)38-12-24(29-30-26)20(25)18(33)21(39-24)31-11-10-17(32)27-23(31)35/h4-11,13,18,20-21,33H,3,12H2,1-2H3,(H,27,32,35)/t13-,18+,20-,21?,24+/m0/s1. The summed E-state index contributed by atoms with van der Waals surface area (Å²) in [4.78, 5) is 52.9. The van der Waals surface area contributed by atoms with E-state index in [0.717, 1.165) is 16.8 Å². The Hall–Kier alpha value is -4.33. The summed E-state index contributed by atoms with van der Waals surface area (Å²) in [5.41, 5.74) is 4.97. The van der Waals surface area contributed by atoms with E-state index in [2.05, 4.69) is 14.8 Å². The van der Waals surface area contributed by atoms with Crippen LogP contribution in [-0.2, 0) is 14.3 Å². The fourth-order valence-corrected chi connectivity index (χ4v) is 4.83. The van der Waals surface area contributed by atoms with Gasteiger partial charge in [0.15, 0.2) is 24.2 Å². The second-order valence-corrected chi connectivity index (χ2v) is 9.62. The molecule has 41 heavy (non-hydrogen) atoms. The molecule has 6 atom stereocenters. The van der Waals surface area contributed by atoms with Crippen molar-refractivity contribution in [2.24, 2.45) is 9.86 Å². The van der Waals surface area contributed by atoms with Gasteiger partial charge in [0.05, 0.1) is 6.61 Å². The van der Waals surface area contributed by atoms with Crippen molar-refractivity contribution in [3.8, 4) is 11.5 Å². The van der Waals surface area contributed by atoms with Gasteiger partial charge < -0.3 is 24.2 Å². The Bertz CT molecular complexity index is 1640. The molecule has 1 aliphatic rings. The van der Waals surface area contributed by atoms with Crippen LogP contribution in [-0.4, -0.2) is 57.9 Å². The number of ether oxygens (including phenoxy) is 3. The molecule has 0 bridgehead atoms. The van der Waals surface area contributed by atoms with Crippen LogP contribution < -0.4 is 25.4 Å². The Morgan fingerprint density at radius 1 is 1.34 bits per heavy atom. The summed E-state index contributed by atoms with van der Waals surface area (Å²) < 4.78 is 41.8. The first-order valence-electron chi connectivity index (χ1n) is 12.1. The van der Waals surface area contributed by atoms with Crippen LogP contribution in [0.4, 0.5) is 4.39 Å². The molecule has 1 aromatic heterocycles. The molecule has 2 unspecified atom stereocenters. The second-order valence-electron chi connectivity index (χ2n) is 8.73. The first-order valence-corrected chi connectivity index (χ1v) is 13.3. The first-order chi connectivity index (χ1) is 19.6. The van der Waals surface area contributed by atoms with Crippen LogP contribution >= 0.6 is 8.17 Å². The van der Waals surface area contributed by atoms with Crippen LogP contribution in [0.3, 0.4) is 0 Å². The van der Waals surface area contributed by atoms with Crippen LogP contribution in [0, 0.1) is 0 Å². The molecule has 0 saturated carbocycles. The summed E-state index contributed by atoms with van der Waals surface area (Å²) in [5.74, 6) is -0.872. The largest absolute Gasteiger partial charge is 0.575 e. The van der Waals surface area contributed by atoms with Crippen molar-refractivity contribution in [2.45, 2.75) is 44.1 Å². The number of carbonyl (C=O) groups is 1. The topological polar surface area (TPSA) is 213 Å². The number of carbonyl (C=O) groups excluding carboxylic acids is 1. The zero-order valence-electron chi connectivity index (χ0n) is 21.6. The van der Waals surface area contributed by atoms with Gasteiger partial charge in [-0.3, -0.25) is 18.9 Å². The van der Waals surface area contributed by atoms with Gasteiger partial charge in [0.2, 0.25) is 11.5 Å². The van der Waals surface area contributed by atoms with E-state index in [-0.39, 0.29) is 18.1 Å². The molecule has 0 aliphatic carbocycles. The Morgan fingerprint density at radius 3 is 2.80 bits per heavy atom. The number of alkyl halides is 1. The molecule has 0 spiro atoms. The van der Waals surface area contributed by atoms with Crippen molar-refractivity contribution in [2.75, 3.05) is 13.2 Å². The summed E-state index contributed by atoms with van der Waals surface area (Å²) in [6.45, 7) is 2.27. The lowest BCUT2D eigenvalue weighted by atomic mass is 10.1. The highest BCUT2D eigenvalue weighted by atomic mass is 31.1. The Kier molecular flexibility index (Phi) is 9.01. The van der Waals surface area contributed by atoms with Crippen LogP contribution in [0.15, 0.2) is 68.1 Å². The van der Waals surface area contributed by atoms with Gasteiger partial charge in [0.1, 0.15) is 12.7 Å². The maximum atomic E-state index is 15.5. The molecule has 4 rings (SSSR count). The van der Waals surface area contributed by atoms with Gasteiger partial charge >= 0.3 is 19.8 Å². The summed E-state index contributed by atoms with van der Waals surface area (Å²) >= 11 is 0. The molecule has 1 fully saturated rings. The number of aromatic nitrogens is 2. The average molecular weight is 590 g/mol. The zero-order chi connectivity index (χ0) is 29.7. The van der Waals surface area contributed by atoms with E-state index in [1.54, 1.807) is 37.3 Å². The molecule has 3 aromatic rings. The third kappa shape index (κ3) is 6.21. The fraction of sp³-hybridized carbons (Fsp3) is 0.375. The lowest BCUT2D eigenvalue weighted by Crippen LogP contribution is -2.43. The molecule has 1 aliphatic heterocycles. The summed E-state index contributed by atoms with van der Waals surface area (Å²) in [5, 5.41) is 15.0. The minimum absolute atomic E-state index is 0.0811. The molecule has 2 N–H and O–H groups in total. The normalized spacial score (nSPS) is 23.0. The summed E-state index contributed by atoms with van der Waals surface area (Å²) in [7, 11) is -2.83. The number of fused-ring (bicyclic) bond motifs is 1. The number of azide groups is 1. The maximum Gasteiger partial charge on any atom is 0.395 e. The first kappa shape index (κ1) is 29.6. The van der Waals surface area contributed by atoms with Crippen LogP contribution in [0.5, 0.6) is 11.5 Å². The smallest absolute Gasteiger partial charge is 0.395 e. The third-order valence-corrected chi connectivity index (χ3v) is 6.90. The predicted octanol–water partition coefficient (Wildman–Crippen LogP) is 2.19. The number of halogens is 1. The number of aliphatic hydroxyl groups is 1. The SMILES string of the molecule is CCOC(=O)[C@H](C)N=[P+]([O-])Oc1c(OC[C@@]2(N=[N+]=[N-])OC(n3ccc(=O)[nH]c3=O)[C@H](O)[C@@H]2F)ccc2ccccc12. The number of nitrogens with one attached hydrogen (secondary N) is 1. The lowest BCUT2D eigenvalue weighted by Gasteiger charge is -2.26. The molecular weight excluding hydrogens is 566 g/mol. The van der Waals surface area contributed by atoms with Crippen molar-refractivity contribution in [1.29, 1.82) is 0 Å². The quantitative estimate of drug-likeness (QED) is 0.116. The van der Waals surface area contributed by atoms with Gasteiger partial charge in [-0.15, -0.1) is 0 Å². The van der Waals surface area contributed by atoms with Gasteiger partial charge in [-0.2, -0.15) is 0 Å². The van der Waals surface area contributed by atoms with Crippen molar-refractivity contribution in [3.63, 3.8) is 0 Å². The number of aliphatic hydroxyl groups excluding tert-OH is 1. The highest BCUT2D eigenvalue weighted by Gasteiger charge is 2.57. The molecule has 2 aromatic carbocycles. The predicted molar refractivity (Wildman–Crippen MR) is 140 cm³/mol. The molecule has 0 radical (unpaired) electrons. The number of hydrogen-bond acceptors (Lipinski definition) is 11. The van der Waals surface area contributed by atoms with Crippen molar-refractivity contribution >= 4 is 24.9 Å². The third-order valence-electron chi connectivity index (χ3n) is 6.03. The van der Waals surface area contributed by atoms with E-state index in [9.17, 15) is 24.4 Å². The maximum absolute atomic E-state index is 15.5. The minimum atomic E-state index is -2.83. The van der Waals surface area contributed by atoms with E-state index in [4.69, 9.17) is 24.3 Å². The highest BCUT2D eigenvalue weighted by Crippen LogP contribution is 2.43. The van der Waals surface area contributed by atoms with E-state index < -0.39 is 62.3 Å². The van der Waals surface area contributed by atoms with Crippen molar-refractivity contribution in [3.05, 3.63) is 79.9 Å². The number of aromatic amines is 1. The number of benzene rings is 2. The number of hydrogen-bond donors (Lipinski definition) is 2. The molecule has 2 heterocycles. The molecule has 15 nitrogen and oxygen atoms in total. The molecule has 1 saturated heterocycles. The zero-order valence-corrected chi connectivity index (χ0v) is 22.5. The van der Waals surface area contributed by atoms with Crippen LogP contribution in [0.25, 0.3) is 21.2 Å². The fourth-order valence-electron chi connectivity index (χ4n) is 4.07. The monoisotopic (exact) mass is 590 g/mol.